The number of thiophene rings is 1. The van der Waals surface area contributed by atoms with E-state index in [1.54, 1.807) is 25.6 Å². The smallest absolute Gasteiger partial charge is 0.223 e. The molecule has 0 N–H and O–H groups in total. The lowest BCUT2D eigenvalue weighted by Crippen LogP contribution is -2.38. The van der Waals surface area contributed by atoms with Gasteiger partial charge in [-0.2, -0.15) is 0 Å². The highest BCUT2D eigenvalue weighted by Gasteiger charge is 2.27. The van der Waals surface area contributed by atoms with E-state index in [1.165, 1.54) is 12.8 Å². The first kappa shape index (κ1) is 24.1. The molecule has 1 aliphatic rings. The summed E-state index contributed by atoms with van der Waals surface area (Å²) in [4.78, 5) is 16.7. The van der Waals surface area contributed by atoms with E-state index >= 15 is 0 Å². The summed E-state index contributed by atoms with van der Waals surface area (Å²) < 4.78 is 17.1. The number of ether oxygens (including phenoxy) is 3. The van der Waals surface area contributed by atoms with Crippen LogP contribution in [0.5, 0.6) is 17.2 Å². The summed E-state index contributed by atoms with van der Waals surface area (Å²) in [7, 11) is 3.33. The van der Waals surface area contributed by atoms with Crippen molar-refractivity contribution in [2.24, 2.45) is 0 Å². The third kappa shape index (κ3) is 6.11. The molecule has 0 bridgehead atoms. The van der Waals surface area contributed by atoms with Crippen LogP contribution in [0.4, 0.5) is 0 Å². The van der Waals surface area contributed by atoms with Crippen LogP contribution in [0.3, 0.4) is 0 Å². The summed E-state index contributed by atoms with van der Waals surface area (Å²) in [6.07, 6.45) is 5.63. The van der Waals surface area contributed by atoms with Crippen molar-refractivity contribution in [1.29, 1.82) is 0 Å². The topological polar surface area (TPSA) is 48.0 Å². The van der Waals surface area contributed by atoms with Gasteiger partial charge in [-0.25, -0.2) is 0 Å². The molecule has 1 saturated carbocycles. The normalized spacial score (nSPS) is 13.6. The largest absolute Gasteiger partial charge is 0.496 e. The minimum absolute atomic E-state index is 0.190. The van der Waals surface area contributed by atoms with Crippen molar-refractivity contribution in [3.8, 4) is 17.2 Å². The molecule has 5 nitrogen and oxygen atoms in total. The van der Waals surface area contributed by atoms with Gasteiger partial charge in [-0.15, -0.1) is 11.3 Å². The second-order valence-electron chi connectivity index (χ2n) is 8.63. The van der Waals surface area contributed by atoms with Crippen molar-refractivity contribution in [3.05, 3.63) is 76.0 Å². The van der Waals surface area contributed by atoms with Crippen LogP contribution >= 0.6 is 11.3 Å². The summed E-state index contributed by atoms with van der Waals surface area (Å²) in [5.74, 6) is 2.44. The molecular formula is C28H33NO4S. The van der Waals surface area contributed by atoms with Crippen LogP contribution in [0.1, 0.15) is 48.1 Å². The highest BCUT2D eigenvalue weighted by molar-refractivity contribution is 7.09. The van der Waals surface area contributed by atoms with E-state index < -0.39 is 0 Å². The molecule has 0 spiro atoms. The molecule has 34 heavy (non-hydrogen) atoms. The number of benzene rings is 2. The lowest BCUT2D eigenvalue weighted by atomic mass is 10.1. The fraction of sp³-hybridized carbons (Fsp3) is 0.393. The molecule has 0 atom stereocenters. The van der Waals surface area contributed by atoms with Crippen LogP contribution in [0, 0.1) is 0 Å². The number of hydrogen-bond donors (Lipinski definition) is 0. The molecule has 1 amide bonds. The van der Waals surface area contributed by atoms with Crippen molar-refractivity contribution < 1.29 is 19.0 Å². The zero-order valence-electron chi connectivity index (χ0n) is 20.0. The Kier molecular flexibility index (Phi) is 8.47. The van der Waals surface area contributed by atoms with Crippen LogP contribution in [0.15, 0.2) is 60.0 Å². The summed E-state index contributed by atoms with van der Waals surface area (Å²) >= 11 is 1.67. The summed E-state index contributed by atoms with van der Waals surface area (Å²) in [5, 5.41) is 2.04. The number of para-hydroxylation sites is 1. The molecule has 0 unspecified atom stereocenters. The van der Waals surface area contributed by atoms with Gasteiger partial charge in [-0.05, 0) is 60.0 Å². The number of methoxy groups -OCH3 is 2. The Bertz CT molecular complexity index is 1060. The maximum absolute atomic E-state index is 13.4. The SMILES string of the molecule is COc1ccccc1CCC(=O)N(Cc1ccc(OC)c(OCc2cccs2)c1)C1CCCC1. The van der Waals surface area contributed by atoms with E-state index in [4.69, 9.17) is 14.2 Å². The first-order valence-corrected chi connectivity index (χ1v) is 12.8. The average molecular weight is 480 g/mol. The lowest BCUT2D eigenvalue weighted by Gasteiger charge is -2.29. The van der Waals surface area contributed by atoms with Crippen LogP contribution in [-0.2, 0) is 24.4 Å². The standard InChI is InChI=1S/C28H33NO4S/c1-31-25-12-6-3-8-22(25)14-16-28(30)29(23-9-4-5-10-23)19-21-13-15-26(32-2)27(18-21)33-20-24-11-7-17-34-24/h3,6-8,11-13,15,17-18,23H,4-5,9-10,14,16,19-20H2,1-2H3. The quantitative estimate of drug-likeness (QED) is 0.326. The van der Waals surface area contributed by atoms with Crippen LogP contribution < -0.4 is 14.2 Å². The van der Waals surface area contributed by atoms with Gasteiger partial charge in [0.1, 0.15) is 12.4 Å². The highest BCUT2D eigenvalue weighted by atomic mass is 32.1. The second-order valence-corrected chi connectivity index (χ2v) is 9.66. The summed E-state index contributed by atoms with van der Waals surface area (Å²) in [5.41, 5.74) is 2.12. The summed E-state index contributed by atoms with van der Waals surface area (Å²) in [6, 6.07) is 18.3. The molecule has 3 aromatic rings. The van der Waals surface area contributed by atoms with Gasteiger partial charge in [0.15, 0.2) is 11.5 Å². The Morgan fingerprint density at radius 2 is 1.76 bits per heavy atom. The van der Waals surface area contributed by atoms with E-state index in [0.717, 1.165) is 34.6 Å². The number of aryl methyl sites for hydroxylation is 1. The fourth-order valence-electron chi connectivity index (χ4n) is 4.60. The lowest BCUT2D eigenvalue weighted by molar-refractivity contribution is -0.134. The number of hydrogen-bond acceptors (Lipinski definition) is 5. The average Bonchev–Trinajstić information content (AvgIpc) is 3.59. The molecule has 2 aromatic carbocycles. The minimum Gasteiger partial charge on any atom is -0.496 e. The summed E-state index contributed by atoms with van der Waals surface area (Å²) in [6.45, 7) is 1.08. The Morgan fingerprint density at radius 1 is 0.971 bits per heavy atom. The first-order valence-electron chi connectivity index (χ1n) is 11.9. The zero-order valence-corrected chi connectivity index (χ0v) is 20.8. The van der Waals surface area contributed by atoms with Crippen LogP contribution in [0.2, 0.25) is 0 Å². The van der Waals surface area contributed by atoms with Crippen molar-refractivity contribution in [1.82, 2.24) is 4.90 Å². The van der Waals surface area contributed by atoms with Crippen molar-refractivity contribution in [2.45, 2.75) is 57.7 Å². The Morgan fingerprint density at radius 3 is 2.50 bits per heavy atom. The number of carbonyl (C=O) groups is 1. The van der Waals surface area contributed by atoms with E-state index in [2.05, 4.69) is 11.0 Å². The van der Waals surface area contributed by atoms with Crippen molar-refractivity contribution >= 4 is 17.2 Å². The number of nitrogens with zero attached hydrogens (tertiary/aromatic N) is 1. The fourth-order valence-corrected chi connectivity index (χ4v) is 5.22. The zero-order chi connectivity index (χ0) is 23.8. The van der Waals surface area contributed by atoms with Crippen LogP contribution in [0.25, 0.3) is 0 Å². The predicted molar refractivity (Wildman–Crippen MR) is 136 cm³/mol. The van der Waals surface area contributed by atoms with Gasteiger partial charge in [0.05, 0.1) is 14.2 Å². The molecule has 180 valence electrons. The maximum Gasteiger partial charge on any atom is 0.223 e. The van der Waals surface area contributed by atoms with E-state index in [9.17, 15) is 4.79 Å². The van der Waals surface area contributed by atoms with E-state index in [-0.39, 0.29) is 5.91 Å². The third-order valence-corrected chi connectivity index (χ3v) is 7.27. The van der Waals surface area contributed by atoms with Crippen molar-refractivity contribution in [2.75, 3.05) is 14.2 Å². The molecule has 4 rings (SSSR count). The van der Waals surface area contributed by atoms with Gasteiger partial charge in [-0.1, -0.05) is 43.2 Å². The highest BCUT2D eigenvalue weighted by Crippen LogP contribution is 2.32. The van der Waals surface area contributed by atoms with E-state index in [0.29, 0.717) is 43.5 Å². The number of carbonyl (C=O) groups excluding carboxylic acids is 1. The van der Waals surface area contributed by atoms with Gasteiger partial charge >= 0.3 is 0 Å². The molecule has 1 aliphatic carbocycles. The first-order chi connectivity index (χ1) is 16.7. The van der Waals surface area contributed by atoms with E-state index in [1.807, 2.05) is 53.9 Å². The molecule has 0 radical (unpaired) electrons. The Labute approximate surface area is 206 Å². The maximum atomic E-state index is 13.4. The van der Waals surface area contributed by atoms with Crippen LogP contribution in [-0.4, -0.2) is 31.1 Å². The molecule has 1 fully saturated rings. The Balaban J connectivity index is 1.48. The molecule has 0 aliphatic heterocycles. The molecular weight excluding hydrogens is 446 g/mol. The number of rotatable bonds is 11. The second kappa shape index (κ2) is 11.9. The van der Waals surface area contributed by atoms with Gasteiger partial charge in [0, 0.05) is 23.9 Å². The van der Waals surface area contributed by atoms with Crippen molar-refractivity contribution in [3.63, 3.8) is 0 Å². The van der Waals surface area contributed by atoms with Gasteiger partial charge in [0.25, 0.3) is 0 Å². The number of amides is 1. The van der Waals surface area contributed by atoms with Gasteiger partial charge < -0.3 is 19.1 Å². The molecule has 0 saturated heterocycles. The minimum atomic E-state index is 0.190. The molecule has 6 heteroatoms. The molecule has 1 aromatic heterocycles. The van der Waals surface area contributed by atoms with Gasteiger partial charge in [0.2, 0.25) is 5.91 Å². The third-order valence-electron chi connectivity index (χ3n) is 6.42. The monoisotopic (exact) mass is 479 g/mol. The Hall–Kier alpha value is -2.99. The molecule has 1 heterocycles. The predicted octanol–water partition coefficient (Wildman–Crippen LogP) is 6.25. The van der Waals surface area contributed by atoms with Gasteiger partial charge in [-0.3, -0.25) is 4.79 Å².